The Hall–Kier alpha value is -0.570. The minimum Gasteiger partial charge on any atom is -0.314 e. The zero-order valence-electron chi connectivity index (χ0n) is 9.09. The monoisotopic (exact) mass is 224 g/mol. The van der Waals surface area contributed by atoms with Crippen LogP contribution in [0.2, 0.25) is 5.02 Å². The summed E-state index contributed by atoms with van der Waals surface area (Å²) < 4.78 is 0. The van der Waals surface area contributed by atoms with Gasteiger partial charge in [-0.15, -0.1) is 0 Å². The Morgan fingerprint density at radius 1 is 1.33 bits per heavy atom. The molecule has 82 valence electrons. The molecule has 15 heavy (non-hydrogen) atoms. The lowest BCUT2D eigenvalue weighted by atomic mass is 10.1. The molecule has 1 saturated heterocycles. The van der Waals surface area contributed by atoms with Crippen LogP contribution in [0.1, 0.15) is 11.1 Å². The first-order valence-electron chi connectivity index (χ1n) is 5.44. The first-order chi connectivity index (χ1) is 7.25. The van der Waals surface area contributed by atoms with E-state index in [0.717, 1.165) is 37.7 Å². The van der Waals surface area contributed by atoms with Crippen LogP contribution in [0.15, 0.2) is 18.2 Å². The molecule has 0 unspecified atom stereocenters. The molecule has 1 aromatic carbocycles. The number of piperazine rings is 1. The van der Waals surface area contributed by atoms with Crippen LogP contribution < -0.4 is 5.32 Å². The molecular weight excluding hydrogens is 208 g/mol. The molecule has 1 aliphatic rings. The molecule has 1 N–H and O–H groups in total. The summed E-state index contributed by atoms with van der Waals surface area (Å²) in [7, 11) is 0. The summed E-state index contributed by atoms with van der Waals surface area (Å²) in [5, 5.41) is 4.24. The van der Waals surface area contributed by atoms with Gasteiger partial charge in [0.05, 0.1) is 0 Å². The van der Waals surface area contributed by atoms with Gasteiger partial charge < -0.3 is 5.32 Å². The molecule has 0 atom stereocenters. The van der Waals surface area contributed by atoms with E-state index in [4.69, 9.17) is 11.6 Å². The van der Waals surface area contributed by atoms with Gasteiger partial charge in [-0.2, -0.15) is 0 Å². The quantitative estimate of drug-likeness (QED) is 0.828. The van der Waals surface area contributed by atoms with Crippen LogP contribution in [0.25, 0.3) is 0 Å². The SMILES string of the molecule is Cc1ccc(Cl)c(CN2CCNCC2)c1. The van der Waals surface area contributed by atoms with Crippen molar-refractivity contribution in [1.29, 1.82) is 0 Å². The van der Waals surface area contributed by atoms with Gasteiger partial charge >= 0.3 is 0 Å². The second kappa shape index (κ2) is 4.97. The van der Waals surface area contributed by atoms with Gasteiger partial charge in [-0.1, -0.05) is 29.3 Å². The Morgan fingerprint density at radius 3 is 2.80 bits per heavy atom. The molecule has 0 saturated carbocycles. The number of hydrogen-bond donors (Lipinski definition) is 1. The van der Waals surface area contributed by atoms with E-state index in [9.17, 15) is 0 Å². The Labute approximate surface area is 96.2 Å². The minimum atomic E-state index is 0.888. The molecular formula is C12H17ClN2. The molecule has 0 radical (unpaired) electrons. The van der Waals surface area contributed by atoms with E-state index in [0.29, 0.717) is 0 Å². The molecule has 0 bridgehead atoms. The number of rotatable bonds is 2. The van der Waals surface area contributed by atoms with Crippen molar-refractivity contribution >= 4 is 11.6 Å². The van der Waals surface area contributed by atoms with E-state index < -0.39 is 0 Å². The average molecular weight is 225 g/mol. The Kier molecular flexibility index (Phi) is 3.62. The van der Waals surface area contributed by atoms with E-state index in [2.05, 4.69) is 29.3 Å². The van der Waals surface area contributed by atoms with Crippen LogP contribution in [0, 0.1) is 6.92 Å². The number of benzene rings is 1. The number of nitrogens with zero attached hydrogens (tertiary/aromatic N) is 1. The topological polar surface area (TPSA) is 15.3 Å². The van der Waals surface area contributed by atoms with Crippen molar-refractivity contribution in [3.8, 4) is 0 Å². The van der Waals surface area contributed by atoms with E-state index in [1.165, 1.54) is 11.1 Å². The number of aryl methyl sites for hydroxylation is 1. The third-order valence-electron chi connectivity index (χ3n) is 2.80. The lowest BCUT2D eigenvalue weighted by molar-refractivity contribution is 0.233. The Morgan fingerprint density at radius 2 is 2.07 bits per heavy atom. The summed E-state index contributed by atoms with van der Waals surface area (Å²) in [5.41, 5.74) is 2.53. The maximum atomic E-state index is 6.17. The lowest BCUT2D eigenvalue weighted by Gasteiger charge is -2.27. The van der Waals surface area contributed by atoms with Crippen molar-refractivity contribution in [2.45, 2.75) is 13.5 Å². The summed E-state index contributed by atoms with van der Waals surface area (Å²) >= 11 is 6.17. The van der Waals surface area contributed by atoms with Crippen molar-refractivity contribution in [2.24, 2.45) is 0 Å². The van der Waals surface area contributed by atoms with Gasteiger partial charge in [-0.25, -0.2) is 0 Å². The highest BCUT2D eigenvalue weighted by Gasteiger charge is 2.11. The molecule has 3 heteroatoms. The van der Waals surface area contributed by atoms with Crippen molar-refractivity contribution < 1.29 is 0 Å². The van der Waals surface area contributed by atoms with Crippen LogP contribution in [0.5, 0.6) is 0 Å². The van der Waals surface area contributed by atoms with Gasteiger partial charge in [0.1, 0.15) is 0 Å². The van der Waals surface area contributed by atoms with Crippen LogP contribution >= 0.6 is 11.6 Å². The summed E-state index contributed by atoms with van der Waals surface area (Å²) in [4.78, 5) is 2.44. The first-order valence-corrected chi connectivity index (χ1v) is 5.81. The molecule has 1 aromatic rings. The zero-order chi connectivity index (χ0) is 10.7. The standard InChI is InChI=1S/C12H17ClN2/c1-10-2-3-12(13)11(8-10)9-15-6-4-14-5-7-15/h2-3,8,14H,4-7,9H2,1H3. The lowest BCUT2D eigenvalue weighted by Crippen LogP contribution is -2.42. The smallest absolute Gasteiger partial charge is 0.0451 e. The predicted octanol–water partition coefficient (Wildman–Crippen LogP) is 2.05. The summed E-state index contributed by atoms with van der Waals surface area (Å²) in [6, 6.07) is 6.24. The van der Waals surface area contributed by atoms with Gasteiger partial charge in [0.2, 0.25) is 0 Å². The van der Waals surface area contributed by atoms with E-state index >= 15 is 0 Å². The fraction of sp³-hybridized carbons (Fsp3) is 0.500. The summed E-state index contributed by atoms with van der Waals surface area (Å²) in [6.45, 7) is 7.49. The number of nitrogens with one attached hydrogen (secondary N) is 1. The molecule has 1 fully saturated rings. The molecule has 0 aromatic heterocycles. The highest BCUT2D eigenvalue weighted by molar-refractivity contribution is 6.31. The predicted molar refractivity (Wildman–Crippen MR) is 64.3 cm³/mol. The largest absolute Gasteiger partial charge is 0.314 e. The minimum absolute atomic E-state index is 0.888. The fourth-order valence-electron chi connectivity index (χ4n) is 1.93. The van der Waals surface area contributed by atoms with Crippen molar-refractivity contribution in [3.05, 3.63) is 34.3 Å². The Bertz CT molecular complexity index is 332. The maximum Gasteiger partial charge on any atom is 0.0451 e. The normalized spacial score (nSPS) is 18.0. The van der Waals surface area contributed by atoms with Gasteiger partial charge in [0.15, 0.2) is 0 Å². The van der Waals surface area contributed by atoms with Crippen molar-refractivity contribution in [1.82, 2.24) is 10.2 Å². The average Bonchev–Trinajstić information content (AvgIpc) is 2.25. The van der Waals surface area contributed by atoms with Crippen molar-refractivity contribution in [2.75, 3.05) is 26.2 Å². The third kappa shape index (κ3) is 2.94. The van der Waals surface area contributed by atoms with Gasteiger partial charge in [-0.3, -0.25) is 4.90 Å². The van der Waals surface area contributed by atoms with E-state index in [1.54, 1.807) is 0 Å². The molecule has 0 aliphatic carbocycles. The van der Waals surface area contributed by atoms with Crippen LogP contribution in [-0.2, 0) is 6.54 Å². The van der Waals surface area contributed by atoms with Gasteiger partial charge in [0, 0.05) is 37.7 Å². The number of hydrogen-bond acceptors (Lipinski definition) is 2. The van der Waals surface area contributed by atoms with Gasteiger partial charge in [0.25, 0.3) is 0 Å². The third-order valence-corrected chi connectivity index (χ3v) is 3.17. The van der Waals surface area contributed by atoms with Crippen LogP contribution in [0.4, 0.5) is 0 Å². The van der Waals surface area contributed by atoms with Crippen LogP contribution in [0.3, 0.4) is 0 Å². The van der Waals surface area contributed by atoms with Gasteiger partial charge in [-0.05, 0) is 18.6 Å². The molecule has 1 heterocycles. The Balaban J connectivity index is 2.05. The van der Waals surface area contributed by atoms with Crippen LogP contribution in [-0.4, -0.2) is 31.1 Å². The summed E-state index contributed by atoms with van der Waals surface area (Å²) in [6.07, 6.45) is 0. The second-order valence-corrected chi connectivity index (χ2v) is 4.53. The number of halogens is 1. The molecule has 2 nitrogen and oxygen atoms in total. The molecule has 0 amide bonds. The first kappa shape index (κ1) is 10.9. The maximum absolute atomic E-state index is 6.17. The fourth-order valence-corrected chi connectivity index (χ4v) is 2.11. The van der Waals surface area contributed by atoms with E-state index in [1.807, 2.05) is 6.07 Å². The highest BCUT2D eigenvalue weighted by Crippen LogP contribution is 2.19. The zero-order valence-corrected chi connectivity index (χ0v) is 9.85. The molecule has 0 spiro atoms. The highest BCUT2D eigenvalue weighted by atomic mass is 35.5. The summed E-state index contributed by atoms with van der Waals surface area (Å²) in [5.74, 6) is 0. The second-order valence-electron chi connectivity index (χ2n) is 4.12. The van der Waals surface area contributed by atoms with E-state index in [-0.39, 0.29) is 0 Å². The molecule has 1 aliphatic heterocycles. The van der Waals surface area contributed by atoms with Crippen molar-refractivity contribution in [3.63, 3.8) is 0 Å². The molecule has 2 rings (SSSR count).